The van der Waals surface area contributed by atoms with Crippen LogP contribution in [0.15, 0.2) is 46.9 Å². The van der Waals surface area contributed by atoms with Crippen molar-refractivity contribution in [3.05, 3.63) is 63.3 Å². The molecule has 0 aliphatic carbocycles. The SMILES string of the molecule is Fc1cc(Cl)cc(NCc2ccc(Br)cc2)c1. The molecule has 0 bridgehead atoms. The first-order valence-electron chi connectivity index (χ1n) is 5.08. The van der Waals surface area contributed by atoms with Crippen LogP contribution in [0.25, 0.3) is 0 Å². The molecule has 0 aromatic heterocycles. The first-order chi connectivity index (χ1) is 8.13. The lowest BCUT2D eigenvalue weighted by Crippen LogP contribution is -1.99. The van der Waals surface area contributed by atoms with Gasteiger partial charge in [0.2, 0.25) is 0 Å². The molecule has 0 radical (unpaired) electrons. The van der Waals surface area contributed by atoms with Crippen LogP contribution in [0.3, 0.4) is 0 Å². The minimum atomic E-state index is -0.337. The highest BCUT2D eigenvalue weighted by atomic mass is 79.9. The molecule has 0 aliphatic rings. The van der Waals surface area contributed by atoms with Gasteiger partial charge in [-0.2, -0.15) is 0 Å². The molecule has 0 saturated carbocycles. The Bertz CT molecular complexity index is 493. The van der Waals surface area contributed by atoms with Gasteiger partial charge in [0.15, 0.2) is 0 Å². The standard InChI is InChI=1S/C13H10BrClFN/c14-10-3-1-9(2-4-10)8-17-13-6-11(15)5-12(16)7-13/h1-7,17H,8H2. The number of hydrogen-bond donors (Lipinski definition) is 1. The van der Waals surface area contributed by atoms with Gasteiger partial charge >= 0.3 is 0 Å². The second kappa shape index (κ2) is 5.52. The van der Waals surface area contributed by atoms with Crippen molar-refractivity contribution in [3.63, 3.8) is 0 Å². The number of halogens is 3. The Hall–Kier alpha value is -1.06. The lowest BCUT2D eigenvalue weighted by atomic mass is 10.2. The quantitative estimate of drug-likeness (QED) is 0.853. The van der Waals surface area contributed by atoms with Crippen LogP contribution in [0.1, 0.15) is 5.56 Å². The van der Waals surface area contributed by atoms with E-state index in [0.29, 0.717) is 17.3 Å². The molecular formula is C13H10BrClFN. The van der Waals surface area contributed by atoms with Gasteiger partial charge in [0.25, 0.3) is 0 Å². The molecule has 0 saturated heterocycles. The van der Waals surface area contributed by atoms with E-state index in [1.54, 1.807) is 6.07 Å². The fourth-order valence-corrected chi connectivity index (χ4v) is 1.95. The number of nitrogens with one attached hydrogen (secondary N) is 1. The van der Waals surface area contributed by atoms with E-state index in [-0.39, 0.29) is 5.82 Å². The summed E-state index contributed by atoms with van der Waals surface area (Å²) >= 11 is 9.14. The molecule has 0 aliphatic heterocycles. The minimum Gasteiger partial charge on any atom is -0.381 e. The third kappa shape index (κ3) is 3.72. The molecule has 2 aromatic rings. The number of benzene rings is 2. The van der Waals surface area contributed by atoms with Crippen LogP contribution in [0, 0.1) is 5.82 Å². The van der Waals surface area contributed by atoms with Gasteiger partial charge in [-0.3, -0.25) is 0 Å². The summed E-state index contributed by atoms with van der Waals surface area (Å²) in [4.78, 5) is 0. The van der Waals surface area contributed by atoms with Gasteiger partial charge in [-0.1, -0.05) is 39.7 Å². The minimum absolute atomic E-state index is 0.337. The highest BCUT2D eigenvalue weighted by molar-refractivity contribution is 9.10. The zero-order chi connectivity index (χ0) is 12.3. The summed E-state index contributed by atoms with van der Waals surface area (Å²) < 4.78 is 14.1. The zero-order valence-electron chi connectivity index (χ0n) is 8.88. The fourth-order valence-electron chi connectivity index (χ4n) is 1.46. The van der Waals surface area contributed by atoms with Crippen molar-refractivity contribution in [2.75, 3.05) is 5.32 Å². The van der Waals surface area contributed by atoms with Crippen molar-refractivity contribution < 1.29 is 4.39 Å². The average molecular weight is 315 g/mol. The van der Waals surface area contributed by atoms with Crippen molar-refractivity contribution in [1.82, 2.24) is 0 Å². The predicted octanol–water partition coefficient (Wildman–Crippen LogP) is 4.85. The Morgan fingerprint density at radius 3 is 2.47 bits per heavy atom. The zero-order valence-corrected chi connectivity index (χ0v) is 11.2. The highest BCUT2D eigenvalue weighted by Crippen LogP contribution is 2.19. The second-order valence-electron chi connectivity index (χ2n) is 3.64. The summed E-state index contributed by atoms with van der Waals surface area (Å²) in [7, 11) is 0. The van der Waals surface area contributed by atoms with Crippen molar-refractivity contribution in [3.8, 4) is 0 Å². The van der Waals surface area contributed by atoms with E-state index in [0.717, 1.165) is 10.0 Å². The molecule has 0 heterocycles. The van der Waals surface area contributed by atoms with Gasteiger partial charge in [-0.15, -0.1) is 0 Å². The van der Waals surface area contributed by atoms with Crippen LogP contribution in [0.5, 0.6) is 0 Å². The molecule has 0 atom stereocenters. The molecule has 0 amide bonds. The Labute approximate surface area is 113 Å². The maximum Gasteiger partial charge on any atom is 0.126 e. The molecule has 88 valence electrons. The highest BCUT2D eigenvalue weighted by Gasteiger charge is 1.99. The van der Waals surface area contributed by atoms with E-state index >= 15 is 0 Å². The van der Waals surface area contributed by atoms with Gasteiger partial charge in [0.1, 0.15) is 5.82 Å². The summed E-state index contributed by atoms with van der Waals surface area (Å²) in [6.45, 7) is 0.632. The van der Waals surface area contributed by atoms with Crippen LogP contribution in [-0.4, -0.2) is 0 Å². The number of rotatable bonds is 3. The van der Waals surface area contributed by atoms with Crippen LogP contribution in [-0.2, 0) is 6.54 Å². The molecule has 0 fully saturated rings. The average Bonchev–Trinajstić information content (AvgIpc) is 2.27. The Morgan fingerprint density at radius 2 is 1.82 bits per heavy atom. The lowest BCUT2D eigenvalue weighted by Gasteiger charge is -2.07. The van der Waals surface area contributed by atoms with Gasteiger partial charge in [0.05, 0.1) is 0 Å². The molecular weight excluding hydrogens is 305 g/mol. The van der Waals surface area contributed by atoms with Crippen molar-refractivity contribution in [2.45, 2.75) is 6.54 Å². The Morgan fingerprint density at radius 1 is 1.12 bits per heavy atom. The largest absolute Gasteiger partial charge is 0.381 e. The summed E-state index contributed by atoms with van der Waals surface area (Å²) in [6.07, 6.45) is 0. The number of hydrogen-bond acceptors (Lipinski definition) is 1. The summed E-state index contributed by atoms with van der Waals surface area (Å²) in [6, 6.07) is 12.3. The van der Waals surface area contributed by atoms with Crippen molar-refractivity contribution >= 4 is 33.2 Å². The molecule has 1 N–H and O–H groups in total. The maximum absolute atomic E-state index is 13.1. The maximum atomic E-state index is 13.1. The van der Waals surface area contributed by atoms with Gasteiger partial charge in [0, 0.05) is 21.7 Å². The van der Waals surface area contributed by atoms with Crippen LogP contribution in [0.4, 0.5) is 10.1 Å². The van der Waals surface area contributed by atoms with E-state index in [2.05, 4.69) is 21.2 Å². The molecule has 0 spiro atoms. The van der Waals surface area contributed by atoms with E-state index < -0.39 is 0 Å². The molecule has 1 nitrogen and oxygen atoms in total. The molecule has 2 aromatic carbocycles. The topological polar surface area (TPSA) is 12.0 Å². The molecule has 2 rings (SSSR count). The van der Waals surface area contributed by atoms with E-state index in [9.17, 15) is 4.39 Å². The van der Waals surface area contributed by atoms with Crippen molar-refractivity contribution in [2.24, 2.45) is 0 Å². The summed E-state index contributed by atoms with van der Waals surface area (Å²) in [5, 5.41) is 3.51. The predicted molar refractivity (Wildman–Crippen MR) is 72.9 cm³/mol. The monoisotopic (exact) mass is 313 g/mol. The van der Waals surface area contributed by atoms with Gasteiger partial charge in [-0.25, -0.2) is 4.39 Å². The first kappa shape index (κ1) is 12.4. The first-order valence-corrected chi connectivity index (χ1v) is 6.25. The lowest BCUT2D eigenvalue weighted by molar-refractivity contribution is 0.628. The summed E-state index contributed by atoms with van der Waals surface area (Å²) in [5.41, 5.74) is 1.80. The third-order valence-electron chi connectivity index (χ3n) is 2.27. The summed E-state index contributed by atoms with van der Waals surface area (Å²) in [5.74, 6) is -0.337. The van der Waals surface area contributed by atoms with Gasteiger partial charge in [-0.05, 0) is 35.9 Å². The Kier molecular flexibility index (Phi) is 4.02. The smallest absolute Gasteiger partial charge is 0.126 e. The molecule has 4 heteroatoms. The van der Waals surface area contributed by atoms with Crippen LogP contribution >= 0.6 is 27.5 Å². The Balaban J connectivity index is 2.04. The number of anilines is 1. The van der Waals surface area contributed by atoms with Crippen molar-refractivity contribution in [1.29, 1.82) is 0 Å². The normalized spacial score (nSPS) is 10.3. The molecule has 17 heavy (non-hydrogen) atoms. The third-order valence-corrected chi connectivity index (χ3v) is 3.02. The van der Waals surface area contributed by atoms with E-state index in [4.69, 9.17) is 11.6 Å². The van der Waals surface area contributed by atoms with Crippen LogP contribution < -0.4 is 5.32 Å². The van der Waals surface area contributed by atoms with Gasteiger partial charge < -0.3 is 5.32 Å². The van der Waals surface area contributed by atoms with E-state index in [1.165, 1.54) is 12.1 Å². The van der Waals surface area contributed by atoms with Crippen LogP contribution in [0.2, 0.25) is 5.02 Å². The molecule has 0 unspecified atom stereocenters. The second-order valence-corrected chi connectivity index (χ2v) is 4.99. The van der Waals surface area contributed by atoms with E-state index in [1.807, 2.05) is 24.3 Å². The fraction of sp³-hybridized carbons (Fsp3) is 0.0769.